The van der Waals surface area contributed by atoms with Crippen molar-refractivity contribution in [2.45, 2.75) is 19.0 Å². The van der Waals surface area contributed by atoms with Gasteiger partial charge in [-0.1, -0.05) is 12.1 Å². The van der Waals surface area contributed by atoms with Crippen molar-refractivity contribution in [1.82, 2.24) is 0 Å². The van der Waals surface area contributed by atoms with Crippen molar-refractivity contribution in [2.75, 3.05) is 30.4 Å². The van der Waals surface area contributed by atoms with Crippen molar-refractivity contribution in [1.29, 1.82) is 0 Å². The summed E-state index contributed by atoms with van der Waals surface area (Å²) in [6.07, 6.45) is -3.83. The molecule has 30 heavy (non-hydrogen) atoms. The third kappa shape index (κ3) is 4.64. The number of nitro benzene ring substituents is 1. The molecule has 3 rings (SSSR count). The summed E-state index contributed by atoms with van der Waals surface area (Å²) in [4.78, 5) is 24.7. The molecule has 0 atom stereocenters. The number of para-hydroxylation sites is 2. The maximum atomic E-state index is 12.9. The lowest BCUT2D eigenvalue weighted by molar-refractivity contribution is -0.384. The van der Waals surface area contributed by atoms with E-state index >= 15 is 0 Å². The van der Waals surface area contributed by atoms with Gasteiger partial charge in [-0.3, -0.25) is 14.9 Å². The van der Waals surface area contributed by atoms with Crippen LogP contribution in [-0.2, 0) is 11.0 Å². The molecule has 1 saturated heterocycles. The third-order valence-electron chi connectivity index (χ3n) is 5.07. The van der Waals surface area contributed by atoms with E-state index in [0.29, 0.717) is 43.4 Å². The van der Waals surface area contributed by atoms with Gasteiger partial charge < -0.3 is 15.0 Å². The predicted octanol–water partition coefficient (Wildman–Crippen LogP) is 4.48. The molecule has 10 heteroatoms. The summed E-state index contributed by atoms with van der Waals surface area (Å²) in [5.74, 6) is 0.0180. The predicted molar refractivity (Wildman–Crippen MR) is 105 cm³/mol. The molecule has 2 aromatic carbocycles. The number of carbonyl (C=O) groups is 1. The molecule has 160 valence electrons. The first-order valence-corrected chi connectivity index (χ1v) is 9.25. The number of ether oxygens (including phenoxy) is 1. The van der Waals surface area contributed by atoms with Crippen molar-refractivity contribution in [2.24, 2.45) is 5.92 Å². The Bertz CT molecular complexity index is 941. The van der Waals surface area contributed by atoms with Gasteiger partial charge in [0, 0.05) is 25.1 Å². The Balaban J connectivity index is 1.69. The van der Waals surface area contributed by atoms with E-state index in [1.54, 1.807) is 29.2 Å². The SMILES string of the molecule is COc1ccccc1NC(=O)C1CCN(c2ccc(C(F)(F)F)cc2[N+](=O)[O-])CC1. The van der Waals surface area contributed by atoms with Gasteiger partial charge in [0.1, 0.15) is 11.4 Å². The number of carbonyl (C=O) groups excluding carboxylic acids is 1. The smallest absolute Gasteiger partial charge is 0.416 e. The van der Waals surface area contributed by atoms with Crippen molar-refractivity contribution in [3.63, 3.8) is 0 Å². The van der Waals surface area contributed by atoms with E-state index in [0.717, 1.165) is 12.1 Å². The van der Waals surface area contributed by atoms with Crippen LogP contribution in [0.3, 0.4) is 0 Å². The molecule has 0 radical (unpaired) electrons. The summed E-state index contributed by atoms with van der Waals surface area (Å²) in [6.45, 7) is 0.631. The number of piperidine rings is 1. The lowest BCUT2D eigenvalue weighted by Crippen LogP contribution is -2.38. The van der Waals surface area contributed by atoms with Crippen LogP contribution in [0.15, 0.2) is 42.5 Å². The van der Waals surface area contributed by atoms with Gasteiger partial charge in [-0.05, 0) is 37.1 Å². The second-order valence-electron chi connectivity index (χ2n) is 6.91. The zero-order valence-corrected chi connectivity index (χ0v) is 16.1. The van der Waals surface area contributed by atoms with Crippen molar-refractivity contribution >= 4 is 23.0 Å². The number of halogens is 3. The molecule has 1 aliphatic rings. The highest BCUT2D eigenvalue weighted by Crippen LogP contribution is 2.38. The normalized spacial score (nSPS) is 15.0. The lowest BCUT2D eigenvalue weighted by Gasteiger charge is -2.32. The number of alkyl halides is 3. The number of amides is 1. The summed E-state index contributed by atoms with van der Waals surface area (Å²) < 4.78 is 43.9. The van der Waals surface area contributed by atoms with Gasteiger partial charge in [0.15, 0.2) is 0 Å². The average molecular weight is 423 g/mol. The number of anilines is 2. The highest BCUT2D eigenvalue weighted by Gasteiger charge is 2.35. The van der Waals surface area contributed by atoms with Crippen LogP contribution in [0.25, 0.3) is 0 Å². The Kier molecular flexibility index (Phi) is 6.14. The highest BCUT2D eigenvalue weighted by atomic mass is 19.4. The van der Waals surface area contributed by atoms with E-state index in [1.165, 1.54) is 7.11 Å². The van der Waals surface area contributed by atoms with E-state index < -0.39 is 22.4 Å². The average Bonchev–Trinajstić information content (AvgIpc) is 2.73. The van der Waals surface area contributed by atoms with Gasteiger partial charge in [0.05, 0.1) is 23.3 Å². The zero-order chi connectivity index (χ0) is 21.9. The Morgan fingerprint density at radius 3 is 2.47 bits per heavy atom. The Morgan fingerprint density at radius 2 is 1.87 bits per heavy atom. The van der Waals surface area contributed by atoms with E-state index in [1.807, 2.05) is 0 Å². The van der Waals surface area contributed by atoms with Crippen LogP contribution in [0.5, 0.6) is 5.75 Å². The van der Waals surface area contributed by atoms with Crippen LogP contribution in [-0.4, -0.2) is 31.0 Å². The molecular formula is C20H20F3N3O4. The van der Waals surface area contributed by atoms with E-state index in [2.05, 4.69) is 5.32 Å². The van der Waals surface area contributed by atoms with Gasteiger partial charge in [-0.15, -0.1) is 0 Å². The first kappa shape index (κ1) is 21.4. The fourth-order valence-corrected chi connectivity index (χ4v) is 3.48. The second kappa shape index (κ2) is 8.60. The minimum atomic E-state index is -4.66. The number of nitro groups is 1. The highest BCUT2D eigenvalue weighted by molar-refractivity contribution is 5.94. The van der Waals surface area contributed by atoms with Crippen LogP contribution in [0.2, 0.25) is 0 Å². The Hall–Kier alpha value is -3.30. The summed E-state index contributed by atoms with van der Waals surface area (Å²) in [7, 11) is 1.50. The van der Waals surface area contributed by atoms with Gasteiger partial charge in [-0.25, -0.2) is 0 Å². The quantitative estimate of drug-likeness (QED) is 0.566. The molecular weight excluding hydrogens is 403 g/mol. The van der Waals surface area contributed by atoms with Crippen LogP contribution in [0.1, 0.15) is 18.4 Å². The van der Waals surface area contributed by atoms with Crippen molar-refractivity contribution < 1.29 is 27.6 Å². The van der Waals surface area contributed by atoms with Gasteiger partial charge in [0.25, 0.3) is 5.69 Å². The first-order chi connectivity index (χ1) is 14.2. The van der Waals surface area contributed by atoms with E-state index in [-0.39, 0.29) is 17.5 Å². The molecule has 0 unspecified atom stereocenters. The fraction of sp³-hybridized carbons (Fsp3) is 0.350. The molecule has 2 aromatic rings. The van der Waals surface area contributed by atoms with Gasteiger partial charge in [0.2, 0.25) is 5.91 Å². The molecule has 1 heterocycles. The number of hydrogen-bond acceptors (Lipinski definition) is 5. The maximum absolute atomic E-state index is 12.9. The number of rotatable bonds is 5. The molecule has 1 fully saturated rings. The summed E-state index contributed by atoms with van der Waals surface area (Å²) in [5.41, 5.74) is -0.992. The Labute approximate surface area is 170 Å². The fourth-order valence-electron chi connectivity index (χ4n) is 3.48. The van der Waals surface area contributed by atoms with Crippen molar-refractivity contribution in [3.8, 4) is 5.75 Å². The molecule has 0 bridgehead atoms. The minimum absolute atomic E-state index is 0.122. The molecule has 0 aromatic heterocycles. The molecule has 7 nitrogen and oxygen atoms in total. The van der Waals surface area contributed by atoms with Gasteiger partial charge in [-0.2, -0.15) is 13.2 Å². The minimum Gasteiger partial charge on any atom is -0.495 e. The molecule has 0 saturated carbocycles. The number of hydrogen-bond donors (Lipinski definition) is 1. The summed E-state index contributed by atoms with van der Waals surface area (Å²) >= 11 is 0. The monoisotopic (exact) mass is 423 g/mol. The van der Waals surface area contributed by atoms with Crippen molar-refractivity contribution in [3.05, 3.63) is 58.1 Å². The zero-order valence-electron chi connectivity index (χ0n) is 16.1. The largest absolute Gasteiger partial charge is 0.495 e. The third-order valence-corrected chi connectivity index (χ3v) is 5.07. The van der Waals surface area contributed by atoms with Crippen LogP contribution in [0.4, 0.5) is 30.2 Å². The van der Waals surface area contributed by atoms with E-state index in [4.69, 9.17) is 4.74 Å². The molecule has 1 N–H and O–H groups in total. The second-order valence-corrected chi connectivity index (χ2v) is 6.91. The van der Waals surface area contributed by atoms with Crippen LogP contribution < -0.4 is 15.0 Å². The number of nitrogens with zero attached hydrogens (tertiary/aromatic N) is 2. The van der Waals surface area contributed by atoms with E-state index in [9.17, 15) is 28.1 Å². The number of benzene rings is 2. The molecule has 0 spiro atoms. The maximum Gasteiger partial charge on any atom is 0.416 e. The number of nitrogens with one attached hydrogen (secondary N) is 1. The Morgan fingerprint density at radius 1 is 1.20 bits per heavy atom. The first-order valence-electron chi connectivity index (χ1n) is 9.25. The number of methoxy groups -OCH3 is 1. The molecule has 0 aliphatic carbocycles. The van der Waals surface area contributed by atoms with Crippen LogP contribution in [0, 0.1) is 16.0 Å². The van der Waals surface area contributed by atoms with Crippen LogP contribution >= 0.6 is 0 Å². The summed E-state index contributed by atoms with van der Waals surface area (Å²) in [6, 6.07) is 9.50. The topological polar surface area (TPSA) is 84.7 Å². The lowest BCUT2D eigenvalue weighted by atomic mass is 9.95. The summed E-state index contributed by atoms with van der Waals surface area (Å²) in [5, 5.41) is 14.1. The standard InChI is InChI=1S/C20H20F3N3O4/c1-30-18-5-3-2-4-15(18)24-19(27)13-8-10-25(11-9-13)16-7-6-14(20(21,22)23)12-17(16)26(28)29/h2-7,12-13H,8-11H2,1H3,(H,24,27). The molecule has 1 amide bonds. The molecule has 1 aliphatic heterocycles. The van der Waals surface area contributed by atoms with Gasteiger partial charge >= 0.3 is 6.18 Å².